The summed E-state index contributed by atoms with van der Waals surface area (Å²) in [6, 6.07) is 4.67. The lowest BCUT2D eigenvalue weighted by atomic mass is 9.90. The van der Waals surface area contributed by atoms with E-state index in [1.807, 2.05) is 0 Å². The Balaban J connectivity index is 1.95. The third kappa shape index (κ3) is 7.81. The van der Waals surface area contributed by atoms with Crippen LogP contribution in [0.2, 0.25) is 5.02 Å². The molecule has 3 rings (SSSR count). The number of Topliss-reactive ketones (excluding diaryl/α,β-unsaturated/α-hetero) is 1. The number of amides is 1. The van der Waals surface area contributed by atoms with Crippen LogP contribution < -0.4 is 0 Å². The molecule has 1 atom stereocenters. The van der Waals surface area contributed by atoms with Crippen LogP contribution in [0.25, 0.3) is 5.83 Å². The molecule has 14 heteroatoms. The first-order chi connectivity index (χ1) is 18.6. The molecule has 1 aliphatic rings. The Morgan fingerprint density at radius 2 is 1.61 bits per heavy atom. The molecule has 0 spiro atoms. The third-order valence-corrected chi connectivity index (χ3v) is 7.10. The number of carbonyl (C=O) groups is 2. The van der Waals surface area contributed by atoms with Crippen molar-refractivity contribution in [2.24, 2.45) is 5.41 Å². The van der Waals surface area contributed by atoms with Crippen molar-refractivity contribution in [2.75, 3.05) is 13.6 Å². The summed E-state index contributed by atoms with van der Waals surface area (Å²) < 4.78 is 136. The van der Waals surface area contributed by atoms with E-state index >= 15 is 4.39 Å². The molecule has 0 aliphatic heterocycles. The van der Waals surface area contributed by atoms with E-state index in [0.29, 0.717) is 17.0 Å². The van der Waals surface area contributed by atoms with Gasteiger partial charge in [0.1, 0.15) is 18.3 Å². The molecule has 1 amide bonds. The molecule has 1 saturated carbocycles. The molecule has 1 aliphatic carbocycles. The zero-order chi connectivity index (χ0) is 31.1. The van der Waals surface area contributed by atoms with E-state index in [1.54, 1.807) is 0 Å². The van der Waals surface area contributed by atoms with E-state index in [-0.39, 0.29) is 35.6 Å². The quantitative estimate of drug-likeness (QED) is 0.220. The van der Waals surface area contributed by atoms with Crippen LogP contribution in [0.15, 0.2) is 42.5 Å². The standard InChI is InChI=1S/C27H22ClF10NO2/c1-14-9-15(4-6-20(14)28)18(26(33,34)35)11-21(29)16-3-5-17(19(10-16)27(36,37)38)22(40)12-24(7-8-24)23(41)39(2)13-25(30,31)32/h3-6,9-11,18H,7-8,12-13H2,1-2H3/b21-11-. The molecule has 0 saturated heterocycles. The molecule has 0 aromatic heterocycles. The fourth-order valence-electron chi connectivity index (χ4n) is 4.42. The lowest BCUT2D eigenvalue weighted by Crippen LogP contribution is -2.41. The molecular weight excluding hydrogens is 596 g/mol. The van der Waals surface area contributed by atoms with Gasteiger partial charge in [-0.1, -0.05) is 35.9 Å². The summed E-state index contributed by atoms with van der Waals surface area (Å²) in [6.07, 6.45) is -15.8. The lowest BCUT2D eigenvalue weighted by Gasteiger charge is -2.24. The van der Waals surface area contributed by atoms with Crippen molar-refractivity contribution >= 4 is 29.1 Å². The van der Waals surface area contributed by atoms with Crippen molar-refractivity contribution in [2.45, 2.75) is 50.6 Å². The molecule has 1 fully saturated rings. The topological polar surface area (TPSA) is 37.4 Å². The summed E-state index contributed by atoms with van der Waals surface area (Å²) in [5.74, 6) is -6.47. The number of hydrogen-bond acceptors (Lipinski definition) is 2. The number of hydrogen-bond donors (Lipinski definition) is 0. The summed E-state index contributed by atoms with van der Waals surface area (Å²) in [5, 5.41) is 0.149. The molecule has 1 unspecified atom stereocenters. The zero-order valence-electron chi connectivity index (χ0n) is 21.4. The normalized spacial score (nSPS) is 16.4. The molecule has 2 aromatic rings. The van der Waals surface area contributed by atoms with Crippen LogP contribution in [0, 0.1) is 12.3 Å². The van der Waals surface area contributed by atoms with Crippen molar-refractivity contribution in [3.63, 3.8) is 0 Å². The Kier molecular flexibility index (Phi) is 8.93. The first-order valence-electron chi connectivity index (χ1n) is 11.9. The van der Waals surface area contributed by atoms with Gasteiger partial charge in [0.15, 0.2) is 5.78 Å². The number of allylic oxidation sites excluding steroid dienone is 1. The molecule has 0 bridgehead atoms. The maximum atomic E-state index is 15.0. The van der Waals surface area contributed by atoms with Crippen LogP contribution in [-0.4, -0.2) is 42.5 Å². The van der Waals surface area contributed by atoms with E-state index in [0.717, 1.165) is 25.2 Å². The Bertz CT molecular complexity index is 1360. The van der Waals surface area contributed by atoms with Gasteiger partial charge in [0.25, 0.3) is 0 Å². The maximum Gasteiger partial charge on any atom is 0.417 e. The van der Waals surface area contributed by atoms with E-state index < -0.39 is 82.6 Å². The van der Waals surface area contributed by atoms with Crippen molar-refractivity contribution in [1.29, 1.82) is 0 Å². The Morgan fingerprint density at radius 3 is 2.10 bits per heavy atom. The Morgan fingerprint density at radius 1 is 1.00 bits per heavy atom. The number of benzene rings is 2. The van der Waals surface area contributed by atoms with E-state index in [2.05, 4.69) is 0 Å². The van der Waals surface area contributed by atoms with Crippen molar-refractivity contribution in [3.8, 4) is 0 Å². The highest BCUT2D eigenvalue weighted by molar-refractivity contribution is 6.31. The van der Waals surface area contributed by atoms with Crippen LogP contribution in [0.3, 0.4) is 0 Å². The second kappa shape index (κ2) is 11.3. The first kappa shape index (κ1) is 32.4. The Labute approximate surface area is 232 Å². The van der Waals surface area contributed by atoms with E-state index in [9.17, 15) is 49.1 Å². The zero-order valence-corrected chi connectivity index (χ0v) is 22.1. The van der Waals surface area contributed by atoms with Crippen molar-refractivity contribution < 1.29 is 53.5 Å². The molecule has 0 radical (unpaired) electrons. The maximum absolute atomic E-state index is 15.0. The predicted octanol–water partition coefficient (Wildman–Crippen LogP) is 8.70. The van der Waals surface area contributed by atoms with Gasteiger partial charge in [-0.2, -0.15) is 39.5 Å². The van der Waals surface area contributed by atoms with Gasteiger partial charge >= 0.3 is 18.5 Å². The van der Waals surface area contributed by atoms with Crippen LogP contribution in [0.1, 0.15) is 57.8 Å². The molecule has 224 valence electrons. The van der Waals surface area contributed by atoms with Crippen molar-refractivity contribution in [1.82, 2.24) is 4.90 Å². The highest BCUT2D eigenvalue weighted by Crippen LogP contribution is 2.51. The van der Waals surface area contributed by atoms with Gasteiger partial charge in [-0.05, 0) is 49.1 Å². The molecular formula is C27H22ClF10NO2. The van der Waals surface area contributed by atoms with Gasteiger partial charge in [0.2, 0.25) is 5.91 Å². The summed E-state index contributed by atoms with van der Waals surface area (Å²) in [7, 11) is 0.852. The number of halogens is 11. The average molecular weight is 618 g/mol. The second-order valence-corrected chi connectivity index (χ2v) is 10.4. The smallest absolute Gasteiger partial charge is 0.336 e. The Hall–Kier alpha value is -3.09. The molecule has 41 heavy (non-hydrogen) atoms. The minimum absolute atomic E-state index is 0.0282. The summed E-state index contributed by atoms with van der Waals surface area (Å²) in [6.45, 7) is -0.206. The van der Waals surface area contributed by atoms with Gasteiger partial charge in [0, 0.05) is 29.6 Å². The number of carbonyl (C=O) groups excluding carboxylic acids is 2. The number of alkyl halides is 9. The SMILES string of the molecule is Cc1cc(C(/C=C(\F)c2ccc(C(=O)CC3(C(=O)N(C)CC(F)(F)F)CC3)c(C(F)(F)F)c2)C(F)(F)F)ccc1Cl. The molecule has 0 heterocycles. The van der Waals surface area contributed by atoms with Gasteiger partial charge in [0.05, 0.1) is 11.0 Å². The highest BCUT2D eigenvalue weighted by Gasteiger charge is 2.54. The molecule has 2 aromatic carbocycles. The summed E-state index contributed by atoms with van der Waals surface area (Å²) >= 11 is 5.83. The van der Waals surface area contributed by atoms with Gasteiger partial charge < -0.3 is 4.90 Å². The summed E-state index contributed by atoms with van der Waals surface area (Å²) in [5.41, 5.74) is -5.32. The average Bonchev–Trinajstić information content (AvgIpc) is 3.61. The number of nitrogens with zero attached hydrogens (tertiary/aromatic N) is 1. The van der Waals surface area contributed by atoms with E-state index in [1.165, 1.54) is 6.92 Å². The second-order valence-electron chi connectivity index (χ2n) is 9.96. The van der Waals surface area contributed by atoms with Gasteiger partial charge in [-0.15, -0.1) is 0 Å². The minimum atomic E-state index is -5.26. The largest absolute Gasteiger partial charge is 0.417 e. The van der Waals surface area contributed by atoms with Crippen LogP contribution in [0.4, 0.5) is 43.9 Å². The van der Waals surface area contributed by atoms with Crippen molar-refractivity contribution in [3.05, 3.63) is 75.3 Å². The minimum Gasteiger partial charge on any atom is -0.336 e. The fourth-order valence-corrected chi connectivity index (χ4v) is 4.54. The number of rotatable bonds is 8. The lowest BCUT2D eigenvalue weighted by molar-refractivity contribution is -0.161. The highest BCUT2D eigenvalue weighted by atomic mass is 35.5. The number of aryl methyl sites for hydroxylation is 1. The predicted molar refractivity (Wildman–Crippen MR) is 130 cm³/mol. The van der Waals surface area contributed by atoms with Gasteiger partial charge in [-0.3, -0.25) is 9.59 Å². The molecule has 3 nitrogen and oxygen atoms in total. The first-order valence-corrected chi connectivity index (χ1v) is 12.3. The third-order valence-electron chi connectivity index (χ3n) is 6.68. The van der Waals surface area contributed by atoms with E-state index in [4.69, 9.17) is 11.6 Å². The fraction of sp³-hybridized carbons (Fsp3) is 0.407. The van der Waals surface area contributed by atoms with Crippen LogP contribution in [0.5, 0.6) is 0 Å². The molecule has 0 N–H and O–H groups in total. The monoisotopic (exact) mass is 617 g/mol. The van der Waals surface area contributed by atoms with Crippen LogP contribution >= 0.6 is 11.6 Å². The van der Waals surface area contributed by atoms with Crippen LogP contribution in [-0.2, 0) is 11.0 Å². The summed E-state index contributed by atoms with van der Waals surface area (Å²) in [4.78, 5) is 25.7. The number of ketones is 1. The van der Waals surface area contributed by atoms with Gasteiger partial charge in [-0.25, -0.2) is 4.39 Å².